The molecule has 2 rings (SSSR count). The Hall–Kier alpha value is -2.00. The summed E-state index contributed by atoms with van der Waals surface area (Å²) >= 11 is 1.21. The maximum absolute atomic E-state index is 10.9. The Bertz CT molecular complexity index is 504. The number of nitriles is 1. The molecule has 1 aromatic heterocycles. The van der Waals surface area contributed by atoms with Crippen molar-refractivity contribution < 1.29 is 9.53 Å². The van der Waals surface area contributed by atoms with Gasteiger partial charge in [-0.25, -0.2) is 0 Å². The SMILES string of the molecule is N#Cc1c(Sc2ccccc2)no[n+]1[O-]. The molecule has 5 nitrogen and oxygen atoms in total. The molecule has 1 heterocycles. The van der Waals surface area contributed by atoms with Crippen molar-refractivity contribution >= 4 is 11.8 Å². The van der Waals surface area contributed by atoms with Crippen LogP contribution in [0, 0.1) is 16.5 Å². The van der Waals surface area contributed by atoms with Crippen LogP contribution in [0.3, 0.4) is 0 Å². The summed E-state index contributed by atoms with van der Waals surface area (Å²) in [5.74, 6) is 0. The summed E-state index contributed by atoms with van der Waals surface area (Å²) in [6.45, 7) is 0. The second-order valence-corrected chi connectivity index (χ2v) is 3.67. The molecule has 0 spiro atoms. The van der Waals surface area contributed by atoms with Gasteiger partial charge in [0.1, 0.15) is 0 Å². The fourth-order valence-corrected chi connectivity index (χ4v) is 1.80. The lowest BCUT2D eigenvalue weighted by molar-refractivity contribution is -0.804. The number of nitrogens with zero attached hydrogens (tertiary/aromatic N) is 3. The van der Waals surface area contributed by atoms with Crippen molar-refractivity contribution in [2.75, 3.05) is 0 Å². The van der Waals surface area contributed by atoms with Crippen molar-refractivity contribution in [1.82, 2.24) is 5.16 Å². The molecule has 0 radical (unpaired) electrons. The summed E-state index contributed by atoms with van der Waals surface area (Å²) in [4.78, 5) is 0.994. The molecule has 0 amide bonds. The molecule has 0 aliphatic rings. The third-order valence-corrected chi connectivity index (χ3v) is 2.62. The number of hydrogen-bond donors (Lipinski definition) is 0. The van der Waals surface area contributed by atoms with E-state index in [4.69, 9.17) is 5.26 Å². The largest absolute Gasteiger partial charge is 0.358 e. The van der Waals surface area contributed by atoms with Gasteiger partial charge in [-0.05, 0) is 28.8 Å². The third-order valence-electron chi connectivity index (χ3n) is 1.65. The minimum atomic E-state index is -0.121. The van der Waals surface area contributed by atoms with Crippen molar-refractivity contribution in [3.63, 3.8) is 0 Å². The quantitative estimate of drug-likeness (QED) is 0.712. The van der Waals surface area contributed by atoms with Gasteiger partial charge in [0.2, 0.25) is 0 Å². The standard InChI is InChI=1S/C9H5N3O2S/c10-6-8-9(11-14-12(8)13)15-7-4-2-1-3-5-7/h1-5H. The summed E-state index contributed by atoms with van der Waals surface area (Å²) in [6.07, 6.45) is 0. The van der Waals surface area contributed by atoms with Crippen molar-refractivity contribution in [3.8, 4) is 6.07 Å². The molecular formula is C9H5N3O2S. The van der Waals surface area contributed by atoms with Gasteiger partial charge < -0.3 is 5.21 Å². The van der Waals surface area contributed by atoms with Gasteiger partial charge in [0.15, 0.2) is 6.07 Å². The van der Waals surface area contributed by atoms with Crippen molar-refractivity contribution in [1.29, 1.82) is 5.26 Å². The van der Waals surface area contributed by atoms with Crippen LogP contribution in [0.5, 0.6) is 0 Å². The first kappa shape index (κ1) is 9.55. The van der Waals surface area contributed by atoms with Crippen LogP contribution >= 0.6 is 11.8 Å². The lowest BCUT2D eigenvalue weighted by atomic mass is 10.4. The van der Waals surface area contributed by atoms with Gasteiger partial charge in [-0.3, -0.25) is 4.63 Å². The third kappa shape index (κ3) is 1.92. The molecule has 0 N–H and O–H groups in total. The molecule has 0 unspecified atom stereocenters. The Labute approximate surface area is 89.5 Å². The van der Waals surface area contributed by atoms with Crippen LogP contribution in [0.25, 0.3) is 0 Å². The van der Waals surface area contributed by atoms with Crippen molar-refractivity contribution in [2.24, 2.45) is 0 Å². The molecule has 74 valence electrons. The van der Waals surface area contributed by atoms with Gasteiger partial charge in [-0.15, -0.1) is 0 Å². The molecule has 0 bridgehead atoms. The van der Waals surface area contributed by atoms with E-state index in [-0.39, 0.29) is 15.6 Å². The molecule has 0 saturated carbocycles. The maximum Gasteiger partial charge on any atom is 0.309 e. The van der Waals surface area contributed by atoms with Crippen molar-refractivity contribution in [3.05, 3.63) is 41.2 Å². The summed E-state index contributed by atoms with van der Waals surface area (Å²) < 4.78 is 4.33. The maximum atomic E-state index is 10.9. The minimum absolute atomic E-state index is 0.102. The molecule has 0 aliphatic carbocycles. The Morgan fingerprint density at radius 2 is 2.13 bits per heavy atom. The highest BCUT2D eigenvalue weighted by Gasteiger charge is 2.19. The first-order chi connectivity index (χ1) is 7.31. The minimum Gasteiger partial charge on any atom is -0.358 e. The molecule has 0 atom stereocenters. The topological polar surface area (TPSA) is 76.8 Å². The molecule has 2 aromatic rings. The zero-order chi connectivity index (χ0) is 10.7. The van der Waals surface area contributed by atoms with E-state index in [0.29, 0.717) is 0 Å². The van der Waals surface area contributed by atoms with Crippen LogP contribution in [0.2, 0.25) is 0 Å². The molecule has 6 heteroatoms. The normalized spacial score (nSPS) is 9.80. The molecule has 1 aromatic carbocycles. The number of aromatic nitrogens is 2. The van der Waals surface area contributed by atoms with Gasteiger partial charge >= 0.3 is 5.69 Å². The van der Waals surface area contributed by atoms with Crippen LogP contribution in [0.1, 0.15) is 5.69 Å². The van der Waals surface area contributed by atoms with E-state index in [1.54, 1.807) is 6.07 Å². The number of hydrogen-bond acceptors (Lipinski definition) is 5. The average Bonchev–Trinajstić information content (AvgIpc) is 2.61. The predicted octanol–water partition coefficient (Wildman–Crippen LogP) is 1.33. The van der Waals surface area contributed by atoms with Gasteiger partial charge in [0.25, 0.3) is 5.03 Å². The molecule has 15 heavy (non-hydrogen) atoms. The first-order valence-corrected chi connectivity index (χ1v) is 4.85. The second-order valence-electron chi connectivity index (χ2n) is 2.61. The molecule has 0 saturated heterocycles. The van der Waals surface area contributed by atoms with Crippen LogP contribution in [-0.2, 0) is 0 Å². The van der Waals surface area contributed by atoms with Crippen LogP contribution in [0.15, 0.2) is 44.9 Å². The van der Waals surface area contributed by atoms with Crippen LogP contribution < -0.4 is 4.90 Å². The van der Waals surface area contributed by atoms with Crippen LogP contribution in [0.4, 0.5) is 0 Å². The molecule has 0 aliphatic heterocycles. The Balaban J connectivity index is 2.30. The highest BCUT2D eigenvalue weighted by atomic mass is 32.2. The second kappa shape index (κ2) is 4.02. The smallest absolute Gasteiger partial charge is 0.309 e. The lowest BCUT2D eigenvalue weighted by Crippen LogP contribution is -2.26. The lowest BCUT2D eigenvalue weighted by Gasteiger charge is -1.92. The highest BCUT2D eigenvalue weighted by Crippen LogP contribution is 2.26. The van der Waals surface area contributed by atoms with E-state index in [2.05, 4.69) is 9.79 Å². The van der Waals surface area contributed by atoms with E-state index < -0.39 is 0 Å². The summed E-state index contributed by atoms with van der Waals surface area (Å²) in [5, 5.41) is 23.4. The van der Waals surface area contributed by atoms with Gasteiger partial charge in [0.05, 0.1) is 5.16 Å². The Morgan fingerprint density at radius 3 is 2.80 bits per heavy atom. The molecule has 0 fully saturated rings. The highest BCUT2D eigenvalue weighted by molar-refractivity contribution is 7.99. The van der Waals surface area contributed by atoms with Gasteiger partial charge in [-0.2, -0.15) is 5.26 Å². The average molecular weight is 219 g/mol. The van der Waals surface area contributed by atoms with Gasteiger partial charge in [-0.1, -0.05) is 18.2 Å². The van der Waals surface area contributed by atoms with E-state index in [9.17, 15) is 5.21 Å². The van der Waals surface area contributed by atoms with Crippen LogP contribution in [-0.4, -0.2) is 5.16 Å². The van der Waals surface area contributed by atoms with E-state index >= 15 is 0 Å². The van der Waals surface area contributed by atoms with E-state index in [1.165, 1.54) is 11.8 Å². The molecular weight excluding hydrogens is 214 g/mol. The Kier molecular flexibility index (Phi) is 2.56. The van der Waals surface area contributed by atoms with Crippen molar-refractivity contribution in [2.45, 2.75) is 9.92 Å². The first-order valence-electron chi connectivity index (χ1n) is 4.04. The van der Waals surface area contributed by atoms with E-state index in [0.717, 1.165) is 4.90 Å². The Morgan fingerprint density at radius 1 is 1.40 bits per heavy atom. The monoisotopic (exact) mass is 219 g/mol. The zero-order valence-corrected chi connectivity index (χ0v) is 8.27. The van der Waals surface area contributed by atoms with E-state index in [1.807, 2.05) is 30.3 Å². The fraction of sp³-hybridized carbons (Fsp3) is 0. The number of benzene rings is 1. The fourth-order valence-electron chi connectivity index (χ4n) is 0.992. The summed E-state index contributed by atoms with van der Waals surface area (Å²) in [7, 11) is 0. The summed E-state index contributed by atoms with van der Waals surface area (Å²) in [6, 6.07) is 11.1. The summed E-state index contributed by atoms with van der Waals surface area (Å²) in [5.41, 5.74) is -0.121. The van der Waals surface area contributed by atoms with Gasteiger partial charge in [0, 0.05) is 4.90 Å². The number of rotatable bonds is 2. The predicted molar refractivity (Wildman–Crippen MR) is 50.7 cm³/mol. The zero-order valence-electron chi connectivity index (χ0n) is 7.45.